The smallest absolute Gasteiger partial charge is 0.261 e. The summed E-state index contributed by atoms with van der Waals surface area (Å²) in [5.41, 5.74) is 0.297. The lowest BCUT2D eigenvalue weighted by Crippen LogP contribution is -2.31. The van der Waals surface area contributed by atoms with Gasteiger partial charge in [0, 0.05) is 16.6 Å². The summed E-state index contributed by atoms with van der Waals surface area (Å²) in [6.07, 6.45) is 1.47. The van der Waals surface area contributed by atoms with Gasteiger partial charge in [0.05, 0.1) is 22.1 Å². The predicted octanol–water partition coefficient (Wildman–Crippen LogP) is 3.74. The number of non-ortho nitro benzene ring substituents is 1. The van der Waals surface area contributed by atoms with Crippen molar-refractivity contribution in [1.29, 1.82) is 0 Å². The fourth-order valence-electron chi connectivity index (χ4n) is 1.96. The monoisotopic (exact) mass is 396 g/mol. The van der Waals surface area contributed by atoms with E-state index in [1.807, 2.05) is 0 Å². The van der Waals surface area contributed by atoms with E-state index in [9.17, 15) is 18.5 Å². The van der Waals surface area contributed by atoms with Gasteiger partial charge in [-0.1, -0.05) is 18.2 Å². The van der Waals surface area contributed by atoms with Crippen LogP contribution in [0.25, 0.3) is 0 Å². The zero-order valence-corrected chi connectivity index (χ0v) is 14.3. The van der Waals surface area contributed by atoms with Crippen molar-refractivity contribution in [3.8, 4) is 0 Å². The topological polar surface area (TPSA) is 80.5 Å². The minimum atomic E-state index is -3.87. The van der Waals surface area contributed by atoms with Crippen molar-refractivity contribution < 1.29 is 13.3 Å². The molecule has 0 N–H and O–H groups in total. The van der Waals surface area contributed by atoms with Gasteiger partial charge in [0.2, 0.25) is 0 Å². The van der Waals surface area contributed by atoms with Crippen molar-refractivity contribution in [2.45, 2.75) is 4.90 Å². The van der Waals surface area contributed by atoms with Crippen molar-refractivity contribution in [2.75, 3.05) is 10.8 Å². The molecule has 120 valence electrons. The maximum Gasteiger partial charge on any atom is 0.269 e. The molecule has 2 aromatic rings. The summed E-state index contributed by atoms with van der Waals surface area (Å²) in [6.45, 7) is 3.66. The van der Waals surface area contributed by atoms with Crippen molar-refractivity contribution in [2.24, 2.45) is 0 Å². The maximum absolute atomic E-state index is 12.8. The van der Waals surface area contributed by atoms with Crippen LogP contribution in [0.4, 0.5) is 11.4 Å². The molecule has 0 aromatic heterocycles. The highest BCUT2D eigenvalue weighted by Gasteiger charge is 2.25. The molecule has 0 aliphatic carbocycles. The average Bonchev–Trinajstić information content (AvgIpc) is 2.53. The van der Waals surface area contributed by atoms with Gasteiger partial charge in [-0.05, 0) is 40.2 Å². The first-order valence-corrected chi connectivity index (χ1v) is 8.74. The molecular weight excluding hydrogens is 384 g/mol. The number of nitro benzene ring substituents is 1. The van der Waals surface area contributed by atoms with E-state index in [4.69, 9.17) is 0 Å². The highest BCUT2D eigenvalue weighted by atomic mass is 79.9. The van der Waals surface area contributed by atoms with Crippen molar-refractivity contribution in [3.63, 3.8) is 0 Å². The number of hydrogen-bond donors (Lipinski definition) is 0. The summed E-state index contributed by atoms with van der Waals surface area (Å²) in [6, 6.07) is 11.7. The molecule has 2 aromatic carbocycles. The standard InChI is InChI=1S/C15H13BrN2O4S/c1-2-11-17(15-6-4-3-5-14(15)16)23(21,22)13-9-7-12(8-10-13)18(19)20/h2-10H,1,11H2. The zero-order valence-electron chi connectivity index (χ0n) is 11.9. The largest absolute Gasteiger partial charge is 0.269 e. The second-order valence-electron chi connectivity index (χ2n) is 4.53. The SMILES string of the molecule is C=CCN(c1ccccc1Br)S(=O)(=O)c1ccc([N+](=O)[O-])cc1. The Labute approximate surface area is 142 Å². The third-order valence-electron chi connectivity index (χ3n) is 3.05. The lowest BCUT2D eigenvalue weighted by Gasteiger charge is -2.24. The number of rotatable bonds is 6. The van der Waals surface area contributed by atoms with Gasteiger partial charge >= 0.3 is 0 Å². The van der Waals surface area contributed by atoms with Gasteiger partial charge in [-0.25, -0.2) is 8.42 Å². The zero-order chi connectivity index (χ0) is 17.0. The summed E-state index contributed by atoms with van der Waals surface area (Å²) in [7, 11) is -3.87. The van der Waals surface area contributed by atoms with Gasteiger partial charge in [-0.15, -0.1) is 6.58 Å². The molecule has 0 radical (unpaired) electrons. The Morgan fingerprint density at radius 1 is 1.17 bits per heavy atom. The fourth-order valence-corrected chi connectivity index (χ4v) is 4.03. The van der Waals surface area contributed by atoms with Gasteiger partial charge in [0.25, 0.3) is 15.7 Å². The molecule has 0 heterocycles. The molecule has 0 amide bonds. The number of hydrogen-bond acceptors (Lipinski definition) is 4. The highest BCUT2D eigenvalue weighted by Crippen LogP contribution is 2.31. The minimum absolute atomic E-state index is 0.0271. The van der Waals surface area contributed by atoms with Crippen molar-refractivity contribution in [1.82, 2.24) is 0 Å². The number of benzene rings is 2. The molecule has 8 heteroatoms. The number of nitro groups is 1. The molecule has 0 unspecified atom stereocenters. The van der Waals surface area contributed by atoms with Crippen molar-refractivity contribution >= 4 is 37.3 Å². The van der Waals surface area contributed by atoms with Gasteiger partial charge in [0.1, 0.15) is 0 Å². The normalized spacial score (nSPS) is 11.0. The number of sulfonamides is 1. The lowest BCUT2D eigenvalue weighted by atomic mass is 10.3. The summed E-state index contributed by atoms with van der Waals surface area (Å²) >= 11 is 3.33. The van der Waals surface area contributed by atoms with E-state index in [1.165, 1.54) is 34.6 Å². The van der Waals surface area contributed by atoms with Crippen LogP contribution >= 0.6 is 15.9 Å². The molecule has 2 rings (SSSR count). The molecule has 23 heavy (non-hydrogen) atoms. The number of nitrogens with zero attached hydrogens (tertiary/aromatic N) is 2. The van der Waals surface area contributed by atoms with Crippen LogP contribution in [0.2, 0.25) is 0 Å². The third-order valence-corrected chi connectivity index (χ3v) is 5.52. The molecule has 6 nitrogen and oxygen atoms in total. The van der Waals surface area contributed by atoms with E-state index >= 15 is 0 Å². The fraction of sp³-hybridized carbons (Fsp3) is 0.0667. The Morgan fingerprint density at radius 3 is 2.30 bits per heavy atom. The van der Waals surface area contributed by atoms with Crippen LogP contribution in [0.1, 0.15) is 0 Å². The maximum atomic E-state index is 12.8. The van der Waals surface area contributed by atoms with E-state index in [2.05, 4.69) is 22.5 Å². The summed E-state index contributed by atoms with van der Waals surface area (Å²) < 4.78 is 27.5. The molecular formula is C15H13BrN2O4S. The Balaban J connectivity index is 2.51. The van der Waals surface area contributed by atoms with Crippen LogP contribution in [0.15, 0.2) is 70.6 Å². The lowest BCUT2D eigenvalue weighted by molar-refractivity contribution is -0.384. The summed E-state index contributed by atoms with van der Waals surface area (Å²) in [4.78, 5) is 10.1. The Hall–Kier alpha value is -2.19. The van der Waals surface area contributed by atoms with Crippen LogP contribution in [-0.2, 0) is 10.0 Å². The Bertz CT molecular complexity index is 835. The van der Waals surface area contributed by atoms with Gasteiger partial charge < -0.3 is 0 Å². The summed E-state index contributed by atoms with van der Waals surface area (Å²) in [5.74, 6) is 0. The van der Waals surface area contributed by atoms with E-state index in [1.54, 1.807) is 24.3 Å². The van der Waals surface area contributed by atoms with Crippen LogP contribution in [0, 0.1) is 10.1 Å². The predicted molar refractivity (Wildman–Crippen MR) is 92.0 cm³/mol. The summed E-state index contributed by atoms with van der Waals surface area (Å²) in [5, 5.41) is 10.7. The first-order chi connectivity index (χ1) is 10.9. The Morgan fingerprint density at radius 2 is 1.78 bits per heavy atom. The van der Waals surface area contributed by atoms with Crippen molar-refractivity contribution in [3.05, 3.63) is 75.8 Å². The van der Waals surface area contributed by atoms with Gasteiger partial charge in [-0.3, -0.25) is 14.4 Å². The first kappa shape index (κ1) is 17.2. The highest BCUT2D eigenvalue weighted by molar-refractivity contribution is 9.10. The number of para-hydroxylation sites is 1. The molecule has 0 bridgehead atoms. The molecule has 0 saturated heterocycles. The molecule has 0 atom stereocenters. The third kappa shape index (κ3) is 3.59. The number of anilines is 1. The molecule has 0 spiro atoms. The van der Waals surface area contributed by atoms with E-state index in [0.29, 0.717) is 10.2 Å². The van der Waals surface area contributed by atoms with E-state index in [0.717, 1.165) is 0 Å². The van der Waals surface area contributed by atoms with Gasteiger partial charge in [-0.2, -0.15) is 0 Å². The second-order valence-corrected chi connectivity index (χ2v) is 7.24. The molecule has 0 aliphatic heterocycles. The van der Waals surface area contributed by atoms with E-state index < -0.39 is 14.9 Å². The average molecular weight is 397 g/mol. The van der Waals surface area contributed by atoms with Crippen LogP contribution in [0.3, 0.4) is 0 Å². The van der Waals surface area contributed by atoms with E-state index in [-0.39, 0.29) is 17.1 Å². The first-order valence-electron chi connectivity index (χ1n) is 6.50. The van der Waals surface area contributed by atoms with Crippen LogP contribution in [-0.4, -0.2) is 19.9 Å². The van der Waals surface area contributed by atoms with Crippen LogP contribution < -0.4 is 4.31 Å². The Kier molecular flexibility index (Phi) is 5.17. The minimum Gasteiger partial charge on any atom is -0.261 e. The second kappa shape index (κ2) is 6.93. The number of halogens is 1. The van der Waals surface area contributed by atoms with Crippen LogP contribution in [0.5, 0.6) is 0 Å². The molecule has 0 fully saturated rings. The quantitative estimate of drug-likeness (QED) is 0.423. The molecule has 0 saturated carbocycles. The molecule has 0 aliphatic rings. The van der Waals surface area contributed by atoms with Gasteiger partial charge in [0.15, 0.2) is 0 Å².